The Labute approximate surface area is 130 Å². The quantitative estimate of drug-likeness (QED) is 0.838. The number of hydrogen-bond donors (Lipinski definition) is 0. The lowest BCUT2D eigenvalue weighted by Gasteiger charge is -2.25. The molecule has 1 atom stereocenters. The summed E-state index contributed by atoms with van der Waals surface area (Å²) in [7, 11) is 3.36. The summed E-state index contributed by atoms with van der Waals surface area (Å²) in [5.74, 6) is 0. The summed E-state index contributed by atoms with van der Waals surface area (Å²) in [6.07, 6.45) is 6.24. The minimum atomic E-state index is -0.295. The Hall–Kier alpha value is -1.89. The van der Waals surface area contributed by atoms with Crippen molar-refractivity contribution in [3.05, 3.63) is 18.0 Å². The van der Waals surface area contributed by atoms with Gasteiger partial charge in [0.2, 0.25) is 0 Å². The first-order valence-corrected chi connectivity index (χ1v) is 7.62. The van der Waals surface area contributed by atoms with Crippen LogP contribution < -0.4 is 4.74 Å². The van der Waals surface area contributed by atoms with E-state index in [4.69, 9.17) is 9.47 Å². The number of likely N-dealkylation sites (N-methyl/N-ethyl adjacent to an activating group) is 1. The van der Waals surface area contributed by atoms with Gasteiger partial charge in [-0.05, 0) is 19.4 Å². The third-order valence-corrected chi connectivity index (χ3v) is 4.40. The molecule has 0 N–H and O–H groups in total. The monoisotopic (exact) mass is 306 g/mol. The number of hydrogen-bond acceptors (Lipinski definition) is 6. The normalized spacial score (nSPS) is 26.1. The molecule has 1 amide bonds. The maximum absolute atomic E-state index is 11.7. The fraction of sp³-hybridized carbons (Fsp3) is 0.667. The van der Waals surface area contributed by atoms with Crippen LogP contribution >= 0.6 is 0 Å². The van der Waals surface area contributed by atoms with E-state index >= 15 is 0 Å². The van der Waals surface area contributed by atoms with E-state index in [1.54, 1.807) is 31.5 Å². The third kappa shape index (κ3) is 3.14. The standard InChI is InChI=1S/C15H22N4O3/c1-18-11-15(22-14(18)20)4-3-6-19(7-5-15)10-12-8-16-13(21-2)17-9-12/h8-9H,3-7,10-11H2,1-2H3/t15-/m1/s1. The van der Waals surface area contributed by atoms with Crippen molar-refractivity contribution in [2.45, 2.75) is 31.4 Å². The van der Waals surface area contributed by atoms with Crippen LogP contribution in [0.25, 0.3) is 0 Å². The molecule has 0 aliphatic carbocycles. The van der Waals surface area contributed by atoms with E-state index in [2.05, 4.69) is 14.9 Å². The second-order valence-corrected chi connectivity index (χ2v) is 6.11. The molecule has 1 spiro atoms. The zero-order valence-corrected chi connectivity index (χ0v) is 13.1. The molecule has 22 heavy (non-hydrogen) atoms. The smallest absolute Gasteiger partial charge is 0.410 e. The molecule has 2 aliphatic heterocycles. The van der Waals surface area contributed by atoms with E-state index < -0.39 is 0 Å². The van der Waals surface area contributed by atoms with Crippen LogP contribution in [0.1, 0.15) is 24.8 Å². The van der Waals surface area contributed by atoms with E-state index in [9.17, 15) is 4.79 Å². The van der Waals surface area contributed by atoms with Crippen molar-refractivity contribution in [2.75, 3.05) is 33.8 Å². The summed E-state index contributed by atoms with van der Waals surface area (Å²) in [6.45, 7) is 3.41. The third-order valence-electron chi connectivity index (χ3n) is 4.40. The highest BCUT2D eigenvalue weighted by Gasteiger charge is 2.44. The molecule has 2 saturated heterocycles. The first kappa shape index (κ1) is 15.0. The van der Waals surface area contributed by atoms with Crippen LogP contribution in [0.2, 0.25) is 0 Å². The molecule has 0 bridgehead atoms. The summed E-state index contributed by atoms with van der Waals surface area (Å²) in [4.78, 5) is 24.0. The molecular weight excluding hydrogens is 284 g/mol. The molecule has 3 rings (SSSR count). The maximum Gasteiger partial charge on any atom is 0.410 e. The van der Waals surface area contributed by atoms with Gasteiger partial charge in [-0.25, -0.2) is 14.8 Å². The summed E-state index contributed by atoms with van der Waals surface area (Å²) < 4.78 is 10.6. The number of carbonyl (C=O) groups excluding carboxylic acids is 1. The Balaban J connectivity index is 1.59. The Morgan fingerprint density at radius 1 is 1.32 bits per heavy atom. The summed E-state index contributed by atoms with van der Waals surface area (Å²) in [6, 6.07) is 0.388. The first-order valence-electron chi connectivity index (χ1n) is 7.62. The molecule has 2 aliphatic rings. The number of carbonyl (C=O) groups is 1. The van der Waals surface area contributed by atoms with Gasteiger partial charge >= 0.3 is 12.1 Å². The van der Waals surface area contributed by atoms with Crippen molar-refractivity contribution >= 4 is 6.09 Å². The highest BCUT2D eigenvalue weighted by atomic mass is 16.6. The van der Waals surface area contributed by atoms with Crippen LogP contribution in [0.3, 0.4) is 0 Å². The largest absolute Gasteiger partial charge is 0.467 e. The average molecular weight is 306 g/mol. The van der Waals surface area contributed by atoms with Gasteiger partial charge in [-0.1, -0.05) is 0 Å². The number of methoxy groups -OCH3 is 1. The molecule has 2 fully saturated rings. The SMILES string of the molecule is COc1ncc(CN2CCC[C@@]3(CC2)CN(C)C(=O)O3)cn1. The lowest BCUT2D eigenvalue weighted by molar-refractivity contribution is 0.0443. The van der Waals surface area contributed by atoms with Crippen molar-refractivity contribution in [3.63, 3.8) is 0 Å². The number of likely N-dealkylation sites (tertiary alicyclic amines) is 1. The van der Waals surface area contributed by atoms with Crippen molar-refractivity contribution in [2.24, 2.45) is 0 Å². The van der Waals surface area contributed by atoms with Crippen LogP contribution in [0.15, 0.2) is 12.4 Å². The predicted molar refractivity (Wildman–Crippen MR) is 79.6 cm³/mol. The van der Waals surface area contributed by atoms with E-state index in [1.807, 2.05) is 0 Å². The van der Waals surface area contributed by atoms with Crippen molar-refractivity contribution in [1.29, 1.82) is 0 Å². The molecule has 3 heterocycles. The van der Waals surface area contributed by atoms with Crippen LogP contribution in [0.5, 0.6) is 6.01 Å². The number of nitrogens with zero attached hydrogens (tertiary/aromatic N) is 4. The maximum atomic E-state index is 11.7. The van der Waals surface area contributed by atoms with Gasteiger partial charge in [0.25, 0.3) is 0 Å². The first-order chi connectivity index (χ1) is 10.6. The van der Waals surface area contributed by atoms with Gasteiger partial charge in [0.05, 0.1) is 13.7 Å². The summed E-state index contributed by atoms with van der Waals surface area (Å²) >= 11 is 0. The number of ether oxygens (including phenoxy) is 2. The highest BCUT2D eigenvalue weighted by molar-refractivity contribution is 5.70. The highest BCUT2D eigenvalue weighted by Crippen LogP contribution is 2.32. The molecule has 0 saturated carbocycles. The molecule has 120 valence electrons. The van der Waals surface area contributed by atoms with Crippen LogP contribution in [0, 0.1) is 0 Å². The summed E-state index contributed by atoms with van der Waals surface area (Å²) in [5, 5.41) is 0. The van der Waals surface area contributed by atoms with Gasteiger partial charge in [0.1, 0.15) is 5.60 Å². The molecule has 7 heteroatoms. The zero-order chi connectivity index (χ0) is 15.6. The van der Waals surface area contributed by atoms with Gasteiger partial charge in [0, 0.05) is 44.5 Å². The zero-order valence-electron chi connectivity index (χ0n) is 13.1. The Bertz CT molecular complexity index is 536. The lowest BCUT2D eigenvalue weighted by atomic mass is 9.95. The minimum Gasteiger partial charge on any atom is -0.467 e. The fourth-order valence-electron chi connectivity index (χ4n) is 3.22. The fourth-order valence-corrected chi connectivity index (χ4v) is 3.22. The number of aromatic nitrogens is 2. The van der Waals surface area contributed by atoms with Crippen molar-refractivity contribution in [3.8, 4) is 6.01 Å². The van der Waals surface area contributed by atoms with Gasteiger partial charge in [-0.2, -0.15) is 0 Å². The molecule has 0 aromatic carbocycles. The van der Waals surface area contributed by atoms with Crippen molar-refractivity contribution < 1.29 is 14.3 Å². The second kappa shape index (κ2) is 6.08. The average Bonchev–Trinajstić information content (AvgIpc) is 2.68. The van der Waals surface area contributed by atoms with Gasteiger partial charge in [-0.3, -0.25) is 4.90 Å². The van der Waals surface area contributed by atoms with Gasteiger partial charge in [0.15, 0.2) is 0 Å². The predicted octanol–water partition coefficient (Wildman–Crippen LogP) is 1.29. The van der Waals surface area contributed by atoms with Crippen LogP contribution in [0.4, 0.5) is 4.79 Å². The molecule has 1 aromatic heterocycles. The molecule has 7 nitrogen and oxygen atoms in total. The molecule has 0 unspecified atom stereocenters. The summed E-state index contributed by atoms with van der Waals surface area (Å²) in [5.41, 5.74) is 0.772. The Morgan fingerprint density at radius 3 is 2.73 bits per heavy atom. The Kier molecular flexibility index (Phi) is 4.15. The van der Waals surface area contributed by atoms with E-state index in [-0.39, 0.29) is 11.7 Å². The lowest BCUT2D eigenvalue weighted by Crippen LogP contribution is -2.35. The minimum absolute atomic E-state index is 0.197. The van der Waals surface area contributed by atoms with Crippen molar-refractivity contribution in [1.82, 2.24) is 19.8 Å². The number of rotatable bonds is 3. The van der Waals surface area contributed by atoms with Gasteiger partial charge < -0.3 is 14.4 Å². The topological polar surface area (TPSA) is 67.8 Å². The number of amides is 1. The van der Waals surface area contributed by atoms with E-state index in [0.29, 0.717) is 12.6 Å². The van der Waals surface area contributed by atoms with Crippen LogP contribution in [-0.2, 0) is 11.3 Å². The Morgan fingerprint density at radius 2 is 2.09 bits per heavy atom. The van der Waals surface area contributed by atoms with Gasteiger partial charge in [-0.15, -0.1) is 0 Å². The molecule has 0 radical (unpaired) electrons. The second-order valence-electron chi connectivity index (χ2n) is 6.11. The van der Waals surface area contributed by atoms with Crippen LogP contribution in [-0.4, -0.2) is 65.3 Å². The van der Waals surface area contributed by atoms with E-state index in [0.717, 1.165) is 44.5 Å². The van der Waals surface area contributed by atoms with E-state index in [1.165, 1.54) is 0 Å². The molecule has 1 aromatic rings. The molecular formula is C15H22N4O3.